The van der Waals surface area contributed by atoms with Crippen LogP contribution in [0.2, 0.25) is 0 Å². The van der Waals surface area contributed by atoms with Crippen LogP contribution in [0.3, 0.4) is 0 Å². The second kappa shape index (κ2) is 25.9. The topological polar surface area (TPSA) is 93.1 Å². The molecule has 6 nitrogen and oxygen atoms in total. The lowest BCUT2D eigenvalue weighted by atomic mass is 10.1. The van der Waals surface area contributed by atoms with Crippen LogP contribution in [0.4, 0.5) is 0 Å². The molecule has 1 aromatic rings. The maximum absolute atomic E-state index is 11.8. The van der Waals surface area contributed by atoms with Gasteiger partial charge in [-0.05, 0) is 12.8 Å². The van der Waals surface area contributed by atoms with Crippen molar-refractivity contribution in [1.29, 1.82) is 0 Å². The number of rotatable bonds is 30. The fraction of sp³-hybridized carbons (Fsp3) is 0.824. The third-order valence-corrected chi connectivity index (χ3v) is 8.83. The lowest BCUT2D eigenvalue weighted by molar-refractivity contribution is 0.0685. The number of unbranched alkanes of at least 4 members (excludes halogenated alkanes) is 22. The van der Waals surface area contributed by atoms with Gasteiger partial charge in [0, 0.05) is 0 Å². The van der Waals surface area contributed by atoms with Gasteiger partial charge in [-0.15, -0.1) is 11.3 Å². The summed E-state index contributed by atoms with van der Waals surface area (Å²) in [4.78, 5) is 23.4. The molecule has 0 saturated heterocycles. The van der Waals surface area contributed by atoms with Gasteiger partial charge in [0.1, 0.15) is 0 Å². The van der Waals surface area contributed by atoms with E-state index in [4.69, 9.17) is 9.47 Å². The number of carboxylic acid groups (broad SMARTS) is 2. The van der Waals surface area contributed by atoms with E-state index in [1.807, 2.05) is 0 Å². The molecule has 0 spiro atoms. The third kappa shape index (κ3) is 18.4. The Morgan fingerprint density at radius 1 is 0.463 bits per heavy atom. The predicted octanol–water partition coefficient (Wildman–Crippen LogP) is 11.3. The van der Waals surface area contributed by atoms with Gasteiger partial charge in [0.25, 0.3) is 0 Å². The number of hydrogen-bond donors (Lipinski definition) is 2. The highest BCUT2D eigenvalue weighted by atomic mass is 32.1. The van der Waals surface area contributed by atoms with Crippen molar-refractivity contribution in [3.63, 3.8) is 0 Å². The Bertz CT molecular complexity index is 728. The van der Waals surface area contributed by atoms with E-state index in [-0.39, 0.29) is 21.3 Å². The van der Waals surface area contributed by atoms with Gasteiger partial charge in [-0.1, -0.05) is 155 Å². The second-order valence-corrected chi connectivity index (χ2v) is 12.5. The highest BCUT2D eigenvalue weighted by Gasteiger charge is 2.29. The van der Waals surface area contributed by atoms with Crippen LogP contribution in [-0.2, 0) is 0 Å². The molecule has 0 bridgehead atoms. The first-order valence-corrected chi connectivity index (χ1v) is 17.7. The minimum Gasteiger partial charge on any atom is -0.488 e. The van der Waals surface area contributed by atoms with Crippen LogP contribution >= 0.6 is 11.3 Å². The standard InChI is InChI=1S/C34H60O6S/c1-3-5-7-9-11-13-15-17-19-21-23-25-27-39-29-30(32(34(37)38)41-31(29)33(35)36)40-28-26-24-22-20-18-16-14-12-10-8-6-4-2/h3-28H2,1-2H3,(H,35,36)(H,37,38). The van der Waals surface area contributed by atoms with E-state index in [2.05, 4.69) is 13.8 Å². The molecule has 0 aliphatic heterocycles. The zero-order valence-corrected chi connectivity index (χ0v) is 27.1. The summed E-state index contributed by atoms with van der Waals surface area (Å²) in [7, 11) is 0. The van der Waals surface area contributed by atoms with E-state index < -0.39 is 11.9 Å². The molecule has 0 aliphatic rings. The van der Waals surface area contributed by atoms with Gasteiger partial charge in [0.05, 0.1) is 13.2 Å². The molecule has 41 heavy (non-hydrogen) atoms. The van der Waals surface area contributed by atoms with Crippen LogP contribution in [0.1, 0.15) is 187 Å². The molecule has 7 heteroatoms. The van der Waals surface area contributed by atoms with E-state index in [0.29, 0.717) is 13.2 Å². The van der Waals surface area contributed by atoms with Crippen LogP contribution in [0.15, 0.2) is 0 Å². The SMILES string of the molecule is CCCCCCCCCCCCCCOc1c(C(=O)O)sc(C(=O)O)c1OCCCCCCCCCCCCCC. The summed E-state index contributed by atoms with van der Waals surface area (Å²) in [5.41, 5.74) is 0. The van der Waals surface area contributed by atoms with Crippen molar-refractivity contribution in [3.8, 4) is 11.5 Å². The Hall–Kier alpha value is -1.76. The average molecular weight is 597 g/mol. The minimum absolute atomic E-state index is 0.0851. The smallest absolute Gasteiger partial charge is 0.349 e. The normalized spacial score (nSPS) is 11.2. The monoisotopic (exact) mass is 596 g/mol. The van der Waals surface area contributed by atoms with E-state index in [9.17, 15) is 19.8 Å². The van der Waals surface area contributed by atoms with Gasteiger partial charge in [-0.2, -0.15) is 0 Å². The van der Waals surface area contributed by atoms with Crippen molar-refractivity contribution < 1.29 is 29.3 Å². The molecule has 238 valence electrons. The summed E-state index contributed by atoms with van der Waals surface area (Å²) in [6.45, 7) is 5.22. The Labute approximate surface area is 254 Å². The predicted molar refractivity (Wildman–Crippen MR) is 171 cm³/mol. The van der Waals surface area contributed by atoms with Crippen LogP contribution in [0, 0.1) is 0 Å². The number of carboxylic acids is 2. The first kappa shape index (κ1) is 37.3. The number of carbonyl (C=O) groups is 2. The summed E-state index contributed by atoms with van der Waals surface area (Å²) in [5, 5.41) is 19.3. The van der Waals surface area contributed by atoms with Crippen LogP contribution in [0.5, 0.6) is 11.5 Å². The third-order valence-electron chi connectivity index (χ3n) is 7.70. The maximum atomic E-state index is 11.8. The number of ether oxygens (including phenoxy) is 2. The summed E-state index contributed by atoms with van der Waals surface area (Å²) in [6.07, 6.45) is 29.6. The van der Waals surface area contributed by atoms with E-state index in [1.54, 1.807) is 0 Å². The molecule has 1 heterocycles. The molecular formula is C34H60O6S. The van der Waals surface area contributed by atoms with E-state index in [1.165, 1.54) is 116 Å². The quantitative estimate of drug-likeness (QED) is 0.0858. The van der Waals surface area contributed by atoms with Crippen molar-refractivity contribution in [3.05, 3.63) is 9.75 Å². The molecule has 1 rings (SSSR count). The van der Waals surface area contributed by atoms with Crippen molar-refractivity contribution in [2.24, 2.45) is 0 Å². The van der Waals surface area contributed by atoms with Crippen molar-refractivity contribution in [1.82, 2.24) is 0 Å². The number of hydrogen-bond acceptors (Lipinski definition) is 5. The molecule has 0 atom stereocenters. The van der Waals surface area contributed by atoms with Gasteiger partial charge in [0.2, 0.25) is 0 Å². The lowest BCUT2D eigenvalue weighted by Crippen LogP contribution is -2.06. The van der Waals surface area contributed by atoms with Gasteiger partial charge in [0.15, 0.2) is 21.3 Å². The van der Waals surface area contributed by atoms with E-state index >= 15 is 0 Å². The molecule has 2 N–H and O–H groups in total. The molecule has 0 amide bonds. The molecule has 0 aromatic carbocycles. The summed E-state index contributed by atoms with van der Waals surface area (Å²) >= 11 is 0.724. The van der Waals surface area contributed by atoms with Gasteiger partial charge < -0.3 is 19.7 Å². The molecular weight excluding hydrogens is 536 g/mol. The molecule has 1 aromatic heterocycles. The molecule has 0 fully saturated rings. The first-order chi connectivity index (χ1) is 20.0. The van der Waals surface area contributed by atoms with Crippen molar-refractivity contribution in [2.75, 3.05) is 13.2 Å². The fourth-order valence-corrected chi connectivity index (χ4v) is 6.05. The number of thiophene rings is 1. The Morgan fingerprint density at radius 3 is 0.951 bits per heavy atom. The molecule has 0 aliphatic carbocycles. The first-order valence-electron chi connectivity index (χ1n) is 16.9. The zero-order valence-electron chi connectivity index (χ0n) is 26.3. The fourth-order valence-electron chi connectivity index (χ4n) is 5.18. The Morgan fingerprint density at radius 2 is 0.707 bits per heavy atom. The number of aromatic carboxylic acids is 2. The van der Waals surface area contributed by atoms with Gasteiger partial charge >= 0.3 is 11.9 Å². The maximum Gasteiger partial charge on any atom is 0.349 e. The van der Waals surface area contributed by atoms with Crippen LogP contribution in [0.25, 0.3) is 0 Å². The Kier molecular flexibility index (Phi) is 23.6. The highest BCUT2D eigenvalue weighted by molar-refractivity contribution is 7.16. The Balaban J connectivity index is 2.31. The summed E-state index contributed by atoms with van der Waals surface area (Å²) in [5.74, 6) is -2.19. The van der Waals surface area contributed by atoms with E-state index in [0.717, 1.165) is 49.9 Å². The largest absolute Gasteiger partial charge is 0.488 e. The molecule has 0 radical (unpaired) electrons. The minimum atomic E-state index is -1.18. The van der Waals surface area contributed by atoms with Crippen LogP contribution in [-0.4, -0.2) is 35.4 Å². The zero-order chi connectivity index (χ0) is 30.0. The second-order valence-electron chi connectivity index (χ2n) is 11.5. The van der Waals surface area contributed by atoms with Crippen LogP contribution < -0.4 is 9.47 Å². The summed E-state index contributed by atoms with van der Waals surface area (Å²) in [6, 6.07) is 0. The average Bonchev–Trinajstić information content (AvgIpc) is 3.32. The highest BCUT2D eigenvalue weighted by Crippen LogP contribution is 2.43. The van der Waals surface area contributed by atoms with Crippen molar-refractivity contribution in [2.45, 2.75) is 168 Å². The summed E-state index contributed by atoms with van der Waals surface area (Å²) < 4.78 is 11.7. The van der Waals surface area contributed by atoms with Crippen molar-refractivity contribution >= 4 is 23.3 Å². The lowest BCUT2D eigenvalue weighted by Gasteiger charge is -2.11. The van der Waals surface area contributed by atoms with Gasteiger partial charge in [-0.3, -0.25) is 0 Å². The molecule has 0 saturated carbocycles. The molecule has 0 unspecified atom stereocenters. The van der Waals surface area contributed by atoms with Gasteiger partial charge in [-0.25, -0.2) is 9.59 Å².